The van der Waals surface area contributed by atoms with Gasteiger partial charge in [0.1, 0.15) is 0 Å². The van der Waals surface area contributed by atoms with Crippen LogP contribution >= 0.6 is 0 Å². The molecule has 0 aromatic carbocycles. The summed E-state index contributed by atoms with van der Waals surface area (Å²) in [6, 6.07) is 0. The molecule has 0 heterocycles. The predicted molar refractivity (Wildman–Crippen MR) is 46.0 cm³/mol. The van der Waals surface area contributed by atoms with Gasteiger partial charge in [0.2, 0.25) is 0 Å². The fraction of sp³-hybridized carbons (Fsp3) is 0.571. The Labute approximate surface area is 101 Å². The maximum absolute atomic E-state index is 11.3. The standard InChI is InChI=1S/C5H6F4O2.2CHFO2/c6-4(10)11-3-1-2-5(7,8)9;2*2-1(3)4/h1-3H2;2*(H,3,4). The van der Waals surface area contributed by atoms with E-state index in [4.69, 9.17) is 19.8 Å². The van der Waals surface area contributed by atoms with Gasteiger partial charge in [-0.05, 0) is 6.42 Å². The molecule has 0 rings (SSSR count). The Hall–Kier alpha value is -2.01. The normalized spacial score (nSPS) is 9.16. The molecule has 0 saturated heterocycles. The zero-order chi connectivity index (χ0) is 16.1. The summed E-state index contributed by atoms with van der Waals surface area (Å²) in [7, 11) is 0. The molecule has 0 aliphatic rings. The molecule has 12 heteroatoms. The van der Waals surface area contributed by atoms with Crippen molar-refractivity contribution in [3.8, 4) is 0 Å². The minimum Gasteiger partial charge on any atom is -0.456 e. The Bertz CT molecular complexity index is 258. The third kappa shape index (κ3) is 87.2. The molecule has 0 atom stereocenters. The minimum atomic E-state index is -4.28. The van der Waals surface area contributed by atoms with Gasteiger partial charge in [0.25, 0.3) is 0 Å². The first-order valence-electron chi connectivity index (χ1n) is 4.04. The maximum atomic E-state index is 11.3. The van der Waals surface area contributed by atoms with E-state index in [-0.39, 0.29) is 0 Å². The molecule has 0 aromatic rings. The van der Waals surface area contributed by atoms with Crippen molar-refractivity contribution in [2.45, 2.75) is 19.0 Å². The van der Waals surface area contributed by atoms with E-state index in [1.165, 1.54) is 0 Å². The van der Waals surface area contributed by atoms with Gasteiger partial charge in [-0.2, -0.15) is 13.2 Å². The number of halogens is 6. The number of carbonyl (C=O) groups excluding carboxylic acids is 1. The summed E-state index contributed by atoms with van der Waals surface area (Å²) in [6.45, 7) is -0.533. The Balaban J connectivity index is -0.000000264. The zero-order valence-corrected chi connectivity index (χ0v) is 8.92. The van der Waals surface area contributed by atoms with Crippen LogP contribution in [-0.2, 0) is 4.74 Å². The highest BCUT2D eigenvalue weighted by atomic mass is 19.4. The van der Waals surface area contributed by atoms with E-state index >= 15 is 0 Å². The molecule has 0 bridgehead atoms. The lowest BCUT2D eigenvalue weighted by Crippen LogP contribution is -2.09. The molecule has 0 spiro atoms. The van der Waals surface area contributed by atoms with E-state index < -0.39 is 44.3 Å². The topological polar surface area (TPSA) is 101 Å². The summed E-state index contributed by atoms with van der Waals surface area (Å²) in [5.74, 6) is 0. The van der Waals surface area contributed by atoms with Crippen LogP contribution in [0.15, 0.2) is 0 Å². The minimum absolute atomic E-state index is 0.404. The van der Waals surface area contributed by atoms with Gasteiger partial charge in [-0.1, -0.05) is 0 Å². The van der Waals surface area contributed by atoms with E-state index in [1.54, 1.807) is 0 Å². The van der Waals surface area contributed by atoms with Crippen LogP contribution in [0.5, 0.6) is 0 Å². The predicted octanol–water partition coefficient (Wildman–Crippen LogP) is 3.70. The second-order valence-corrected chi connectivity index (χ2v) is 2.31. The smallest absolute Gasteiger partial charge is 0.456 e. The number of ether oxygens (including phenoxy) is 1. The third-order valence-corrected chi connectivity index (χ3v) is 0.820. The average Bonchev–Trinajstić information content (AvgIpc) is 2.08. The monoisotopic (exact) mass is 302 g/mol. The summed E-state index contributed by atoms with van der Waals surface area (Å²) in [6.07, 6.45) is -12.5. The Morgan fingerprint density at radius 3 is 1.47 bits per heavy atom. The molecule has 0 unspecified atom stereocenters. The van der Waals surface area contributed by atoms with E-state index in [0.717, 1.165) is 0 Å². The molecule has 0 saturated carbocycles. The van der Waals surface area contributed by atoms with Crippen LogP contribution < -0.4 is 0 Å². The largest absolute Gasteiger partial charge is 0.495 e. The van der Waals surface area contributed by atoms with Gasteiger partial charge in [-0.15, -0.1) is 13.2 Å². The molecule has 19 heavy (non-hydrogen) atoms. The van der Waals surface area contributed by atoms with Crippen LogP contribution in [0.3, 0.4) is 0 Å². The molecule has 114 valence electrons. The van der Waals surface area contributed by atoms with E-state index in [9.17, 15) is 31.1 Å². The molecule has 0 radical (unpaired) electrons. The summed E-state index contributed by atoms with van der Waals surface area (Å²) >= 11 is 0. The Morgan fingerprint density at radius 2 is 1.26 bits per heavy atom. The van der Waals surface area contributed by atoms with Gasteiger partial charge in [0.15, 0.2) is 0 Å². The van der Waals surface area contributed by atoms with Gasteiger partial charge < -0.3 is 14.9 Å². The highest BCUT2D eigenvalue weighted by molar-refractivity contribution is 5.57. The molecule has 0 aliphatic carbocycles. The van der Waals surface area contributed by atoms with Crippen LogP contribution in [-0.4, -0.2) is 41.7 Å². The first kappa shape index (κ1) is 22.2. The lowest BCUT2D eigenvalue weighted by Gasteiger charge is -2.04. The molecule has 6 nitrogen and oxygen atoms in total. The molecule has 0 aliphatic heterocycles. The summed E-state index contributed by atoms with van der Waals surface area (Å²) in [4.78, 5) is 26.1. The first-order chi connectivity index (χ1) is 8.38. The fourth-order valence-electron chi connectivity index (χ4n) is 0.425. The van der Waals surface area contributed by atoms with Crippen molar-refractivity contribution in [2.75, 3.05) is 6.61 Å². The average molecular weight is 302 g/mol. The van der Waals surface area contributed by atoms with Crippen LogP contribution in [0.4, 0.5) is 40.7 Å². The van der Waals surface area contributed by atoms with Crippen molar-refractivity contribution >= 4 is 18.7 Å². The van der Waals surface area contributed by atoms with E-state index in [0.29, 0.717) is 0 Å². The lowest BCUT2D eigenvalue weighted by molar-refractivity contribution is -0.137. The highest BCUT2D eigenvalue weighted by Crippen LogP contribution is 2.20. The molecule has 0 fully saturated rings. The van der Waals surface area contributed by atoms with E-state index in [2.05, 4.69) is 4.74 Å². The summed E-state index contributed by atoms with van der Waals surface area (Å²) in [5.41, 5.74) is 0. The SMILES string of the molecule is O=C(F)OCCCC(F)(F)F.O=C(O)F.O=C(O)F. The van der Waals surface area contributed by atoms with Gasteiger partial charge >= 0.3 is 24.8 Å². The zero-order valence-electron chi connectivity index (χ0n) is 8.92. The molecular formula is C7H8F6O6. The highest BCUT2D eigenvalue weighted by Gasteiger charge is 2.26. The van der Waals surface area contributed by atoms with Crippen LogP contribution in [0, 0.1) is 0 Å². The molecular weight excluding hydrogens is 294 g/mol. The summed E-state index contributed by atoms with van der Waals surface area (Å²) in [5, 5.41) is 13.5. The lowest BCUT2D eigenvalue weighted by atomic mass is 10.3. The van der Waals surface area contributed by atoms with Crippen LogP contribution in [0.2, 0.25) is 0 Å². The van der Waals surface area contributed by atoms with Crippen molar-refractivity contribution in [1.29, 1.82) is 0 Å². The quantitative estimate of drug-likeness (QED) is 0.468. The maximum Gasteiger partial charge on any atom is 0.495 e. The number of carbonyl (C=O) groups is 3. The van der Waals surface area contributed by atoms with Gasteiger partial charge in [0.05, 0.1) is 6.61 Å². The number of alkyl halides is 3. The van der Waals surface area contributed by atoms with Gasteiger partial charge in [-0.3, -0.25) is 0 Å². The van der Waals surface area contributed by atoms with Crippen molar-refractivity contribution in [3.63, 3.8) is 0 Å². The van der Waals surface area contributed by atoms with Crippen molar-refractivity contribution in [3.05, 3.63) is 0 Å². The fourth-order valence-corrected chi connectivity index (χ4v) is 0.425. The first-order valence-corrected chi connectivity index (χ1v) is 4.04. The van der Waals surface area contributed by atoms with Crippen molar-refractivity contribution in [2.24, 2.45) is 0 Å². The second-order valence-electron chi connectivity index (χ2n) is 2.31. The number of rotatable bonds is 3. The Morgan fingerprint density at radius 1 is 0.947 bits per heavy atom. The number of carboxylic acid groups (broad SMARTS) is 2. The number of hydrogen-bond acceptors (Lipinski definition) is 4. The van der Waals surface area contributed by atoms with Crippen LogP contribution in [0.25, 0.3) is 0 Å². The molecule has 2 N–H and O–H groups in total. The third-order valence-electron chi connectivity index (χ3n) is 0.820. The molecule has 0 amide bonds. The van der Waals surface area contributed by atoms with Crippen LogP contribution in [0.1, 0.15) is 12.8 Å². The molecule has 0 aromatic heterocycles. The summed E-state index contributed by atoms with van der Waals surface area (Å²) < 4.78 is 68.7. The number of hydrogen-bond donors (Lipinski definition) is 2. The van der Waals surface area contributed by atoms with Crippen molar-refractivity contribution < 1.29 is 55.7 Å². The van der Waals surface area contributed by atoms with E-state index in [1.807, 2.05) is 0 Å². The Kier molecular flexibility index (Phi) is 14.5. The van der Waals surface area contributed by atoms with Gasteiger partial charge in [-0.25, -0.2) is 14.4 Å². The van der Waals surface area contributed by atoms with Crippen molar-refractivity contribution in [1.82, 2.24) is 0 Å². The second kappa shape index (κ2) is 12.4. The van der Waals surface area contributed by atoms with Gasteiger partial charge in [0, 0.05) is 6.42 Å².